The van der Waals surface area contributed by atoms with E-state index in [2.05, 4.69) is 20.3 Å². The Balaban J connectivity index is 1.48. The topological polar surface area (TPSA) is 94.0 Å². The number of aliphatic imine (C=N–C) groups is 1. The molecule has 1 amide bonds. The van der Waals surface area contributed by atoms with E-state index in [-0.39, 0.29) is 17.2 Å². The van der Waals surface area contributed by atoms with Crippen molar-refractivity contribution in [3.8, 4) is 0 Å². The van der Waals surface area contributed by atoms with Crippen LogP contribution >= 0.6 is 11.8 Å². The maximum absolute atomic E-state index is 13.0. The number of thioether (sulfide) groups is 1. The maximum atomic E-state index is 13.0. The van der Waals surface area contributed by atoms with Crippen molar-refractivity contribution < 1.29 is 9.18 Å². The van der Waals surface area contributed by atoms with Crippen molar-refractivity contribution >= 4 is 45.8 Å². The number of nitrogens with one attached hydrogen (secondary N) is 3. The van der Waals surface area contributed by atoms with Gasteiger partial charge in [-0.25, -0.2) is 14.4 Å². The molecule has 1 aliphatic rings. The number of nitrogens with zero attached hydrogens (tertiary/aromatic N) is 2. The van der Waals surface area contributed by atoms with Crippen LogP contribution in [-0.2, 0) is 10.5 Å². The molecule has 0 fully saturated rings. The Morgan fingerprint density at radius 3 is 2.67 bits per heavy atom. The number of carbonyl (C=O) groups is 1. The minimum atomic E-state index is -0.411. The smallest absolute Gasteiger partial charge is 0.261 e. The Hall–Kier alpha value is -3.26. The van der Waals surface area contributed by atoms with Gasteiger partial charge in [0.2, 0.25) is 0 Å². The lowest BCUT2D eigenvalue weighted by molar-refractivity contribution is -0.115. The predicted octanol–water partition coefficient (Wildman–Crippen LogP) is 3.48. The summed E-state index contributed by atoms with van der Waals surface area (Å²) in [6.45, 7) is 0. The number of rotatable bonds is 3. The zero-order valence-corrected chi connectivity index (χ0v) is 14.8. The molecular weight excluding hydrogens is 365 g/mol. The SMILES string of the molecule is N=C1N=C(SCc2nc3ccccc3[nH]2)NC(=O)/C1=C/c1ccc(F)cc1. The average molecular weight is 379 g/mol. The molecule has 134 valence electrons. The van der Waals surface area contributed by atoms with E-state index in [0.717, 1.165) is 16.9 Å². The Morgan fingerprint density at radius 1 is 1.15 bits per heavy atom. The van der Waals surface area contributed by atoms with Crippen molar-refractivity contribution in [2.75, 3.05) is 0 Å². The summed E-state index contributed by atoms with van der Waals surface area (Å²) in [5, 5.41) is 11.1. The highest BCUT2D eigenvalue weighted by Crippen LogP contribution is 2.19. The van der Waals surface area contributed by atoms with E-state index in [1.807, 2.05) is 24.3 Å². The molecule has 8 heteroatoms. The van der Waals surface area contributed by atoms with E-state index < -0.39 is 5.91 Å². The molecule has 0 unspecified atom stereocenters. The van der Waals surface area contributed by atoms with Gasteiger partial charge in [0, 0.05) is 0 Å². The second kappa shape index (κ2) is 7.16. The summed E-state index contributed by atoms with van der Waals surface area (Å²) >= 11 is 1.29. The second-order valence-electron chi connectivity index (χ2n) is 5.82. The number of hydrogen-bond donors (Lipinski definition) is 3. The molecule has 2 aromatic carbocycles. The van der Waals surface area contributed by atoms with Crippen LogP contribution in [0.5, 0.6) is 0 Å². The molecule has 2 heterocycles. The number of aromatic amines is 1. The number of hydrogen-bond acceptors (Lipinski definition) is 4. The highest BCUT2D eigenvalue weighted by Gasteiger charge is 2.23. The molecule has 1 aromatic heterocycles. The van der Waals surface area contributed by atoms with Gasteiger partial charge in [0.05, 0.1) is 22.4 Å². The van der Waals surface area contributed by atoms with E-state index in [1.165, 1.54) is 30.0 Å². The molecule has 3 N–H and O–H groups in total. The fourth-order valence-electron chi connectivity index (χ4n) is 2.60. The first-order valence-electron chi connectivity index (χ1n) is 8.11. The zero-order valence-electron chi connectivity index (χ0n) is 14.0. The maximum Gasteiger partial charge on any atom is 0.261 e. The molecule has 0 atom stereocenters. The van der Waals surface area contributed by atoms with Gasteiger partial charge in [0.25, 0.3) is 5.91 Å². The Morgan fingerprint density at radius 2 is 1.93 bits per heavy atom. The quantitative estimate of drug-likeness (QED) is 0.608. The van der Waals surface area contributed by atoms with Crippen LogP contribution in [0.3, 0.4) is 0 Å². The number of halogens is 1. The highest BCUT2D eigenvalue weighted by atomic mass is 32.2. The number of H-pyrrole nitrogens is 1. The number of aromatic nitrogens is 2. The normalized spacial score (nSPS) is 15.9. The van der Waals surface area contributed by atoms with E-state index in [1.54, 1.807) is 12.1 Å². The Kier molecular flexibility index (Phi) is 4.55. The minimum Gasteiger partial charge on any atom is -0.341 e. The molecule has 0 saturated carbocycles. The number of carbonyl (C=O) groups excluding carboxylic acids is 1. The largest absolute Gasteiger partial charge is 0.341 e. The summed E-state index contributed by atoms with van der Waals surface area (Å²) in [6.07, 6.45) is 1.52. The Bertz CT molecular complexity index is 1070. The van der Waals surface area contributed by atoms with E-state index in [0.29, 0.717) is 16.5 Å². The van der Waals surface area contributed by atoms with Crippen molar-refractivity contribution in [3.63, 3.8) is 0 Å². The number of benzene rings is 2. The first-order chi connectivity index (χ1) is 13.1. The van der Waals surface area contributed by atoms with Crippen molar-refractivity contribution in [1.29, 1.82) is 5.41 Å². The number of fused-ring (bicyclic) bond motifs is 1. The second-order valence-corrected chi connectivity index (χ2v) is 6.78. The molecule has 1 aliphatic heterocycles. The minimum absolute atomic E-state index is 0.129. The fraction of sp³-hybridized carbons (Fsp3) is 0.0526. The Labute approximate surface area is 158 Å². The molecule has 4 rings (SSSR count). The van der Waals surface area contributed by atoms with Gasteiger partial charge in [-0.15, -0.1) is 0 Å². The van der Waals surface area contributed by atoms with Gasteiger partial charge < -0.3 is 10.3 Å². The van der Waals surface area contributed by atoms with Crippen LogP contribution in [0, 0.1) is 11.2 Å². The van der Waals surface area contributed by atoms with Crippen LogP contribution < -0.4 is 5.32 Å². The molecule has 0 aliphatic carbocycles. The fourth-order valence-corrected chi connectivity index (χ4v) is 3.33. The lowest BCUT2D eigenvalue weighted by Crippen LogP contribution is -2.37. The molecule has 6 nitrogen and oxygen atoms in total. The molecule has 0 saturated heterocycles. The van der Waals surface area contributed by atoms with Gasteiger partial charge in [-0.3, -0.25) is 10.2 Å². The van der Waals surface area contributed by atoms with E-state index >= 15 is 0 Å². The summed E-state index contributed by atoms with van der Waals surface area (Å²) < 4.78 is 13.0. The van der Waals surface area contributed by atoms with Crippen LogP contribution in [0.4, 0.5) is 4.39 Å². The van der Waals surface area contributed by atoms with Crippen LogP contribution in [0.2, 0.25) is 0 Å². The molecule has 0 spiro atoms. The molecule has 3 aromatic rings. The first-order valence-corrected chi connectivity index (χ1v) is 9.10. The highest BCUT2D eigenvalue weighted by molar-refractivity contribution is 8.13. The first kappa shape index (κ1) is 17.2. The summed E-state index contributed by atoms with van der Waals surface area (Å²) in [7, 11) is 0. The van der Waals surface area contributed by atoms with Gasteiger partial charge in [-0.2, -0.15) is 0 Å². The third kappa shape index (κ3) is 3.80. The van der Waals surface area contributed by atoms with Crippen LogP contribution in [0.1, 0.15) is 11.4 Å². The molecule has 0 radical (unpaired) electrons. The number of imidazole rings is 1. The zero-order chi connectivity index (χ0) is 18.8. The summed E-state index contributed by atoms with van der Waals surface area (Å²) in [5.41, 5.74) is 2.58. The summed E-state index contributed by atoms with van der Waals surface area (Å²) in [5.74, 6) is 0.347. The van der Waals surface area contributed by atoms with Gasteiger partial charge in [-0.05, 0) is 35.9 Å². The van der Waals surface area contributed by atoms with Crippen molar-refractivity contribution in [1.82, 2.24) is 15.3 Å². The number of amides is 1. The summed E-state index contributed by atoms with van der Waals surface area (Å²) in [6, 6.07) is 13.4. The van der Waals surface area contributed by atoms with E-state index in [4.69, 9.17) is 5.41 Å². The standard InChI is InChI=1S/C19H14FN5OS/c20-12-7-5-11(6-8-12)9-13-17(21)24-19(25-18(13)26)27-10-16-22-14-3-1-2-4-15(14)23-16/h1-9H,10H2,(H,22,23)(H2,21,24,25,26)/b13-9+. The van der Waals surface area contributed by atoms with Gasteiger partial charge in [0.1, 0.15) is 11.6 Å². The number of para-hydroxylation sites is 2. The molecular formula is C19H14FN5OS. The summed E-state index contributed by atoms with van der Waals surface area (Å²) in [4.78, 5) is 24.2. The van der Waals surface area contributed by atoms with Crippen LogP contribution in [0.15, 0.2) is 59.1 Å². The van der Waals surface area contributed by atoms with Crippen molar-refractivity contribution in [3.05, 3.63) is 71.3 Å². The number of amidine groups is 2. The van der Waals surface area contributed by atoms with Crippen LogP contribution in [-0.4, -0.2) is 26.9 Å². The molecule has 0 bridgehead atoms. The van der Waals surface area contributed by atoms with Gasteiger partial charge >= 0.3 is 0 Å². The van der Waals surface area contributed by atoms with Crippen molar-refractivity contribution in [2.24, 2.45) is 4.99 Å². The molecule has 27 heavy (non-hydrogen) atoms. The van der Waals surface area contributed by atoms with E-state index in [9.17, 15) is 9.18 Å². The lowest BCUT2D eigenvalue weighted by atomic mass is 10.1. The third-order valence-electron chi connectivity index (χ3n) is 3.90. The van der Waals surface area contributed by atoms with Crippen molar-refractivity contribution in [2.45, 2.75) is 5.75 Å². The van der Waals surface area contributed by atoms with Gasteiger partial charge in [-0.1, -0.05) is 36.0 Å². The average Bonchev–Trinajstić information content (AvgIpc) is 3.07. The van der Waals surface area contributed by atoms with Gasteiger partial charge in [0.15, 0.2) is 11.0 Å². The third-order valence-corrected chi connectivity index (χ3v) is 4.78. The lowest BCUT2D eigenvalue weighted by Gasteiger charge is -2.15. The van der Waals surface area contributed by atoms with Crippen LogP contribution in [0.25, 0.3) is 17.1 Å². The predicted molar refractivity (Wildman–Crippen MR) is 105 cm³/mol. The monoisotopic (exact) mass is 379 g/mol.